The Balaban J connectivity index is 2.44. The number of hydrogen-bond acceptors (Lipinski definition) is 4. The molecule has 0 aliphatic carbocycles. The molecule has 0 aliphatic rings. The molecule has 0 spiro atoms. The maximum Gasteiger partial charge on any atom is 0.134 e. The van der Waals surface area contributed by atoms with Crippen LogP contribution in [0.15, 0.2) is 23.6 Å². The van der Waals surface area contributed by atoms with E-state index in [0.717, 1.165) is 23.6 Å². The topological polar surface area (TPSA) is 51.8 Å². The molecule has 0 saturated heterocycles. The molecule has 2 rings (SSSR count). The second-order valence-electron chi connectivity index (χ2n) is 5.12. The third kappa shape index (κ3) is 2.76. The van der Waals surface area contributed by atoms with Gasteiger partial charge in [0.05, 0.1) is 10.6 Å². The number of nitrogens with zero attached hydrogens (tertiary/aromatic N) is 2. The van der Waals surface area contributed by atoms with Crippen LogP contribution in [-0.2, 0) is 5.41 Å². The molecule has 18 heavy (non-hydrogen) atoms. The third-order valence-corrected chi connectivity index (χ3v) is 3.89. The van der Waals surface area contributed by atoms with Crippen LogP contribution in [0.4, 0.5) is 0 Å². The van der Waals surface area contributed by atoms with Gasteiger partial charge in [0, 0.05) is 11.1 Å². The number of aromatic nitrogens is 2. The van der Waals surface area contributed by atoms with Crippen LogP contribution in [0.25, 0.3) is 10.6 Å². The number of thiophene rings is 1. The molecular formula is C14H19N3S. The van der Waals surface area contributed by atoms with Gasteiger partial charge in [-0.25, -0.2) is 9.97 Å². The lowest BCUT2D eigenvalue weighted by molar-refractivity contribution is 0.456. The van der Waals surface area contributed by atoms with Gasteiger partial charge < -0.3 is 5.73 Å². The zero-order chi connectivity index (χ0) is 13.2. The van der Waals surface area contributed by atoms with Crippen molar-refractivity contribution in [1.82, 2.24) is 9.97 Å². The highest BCUT2D eigenvalue weighted by molar-refractivity contribution is 7.13. The Hall–Kier alpha value is -1.26. The number of nitrogens with two attached hydrogens (primary N) is 1. The molecule has 2 N–H and O–H groups in total. The molecular weight excluding hydrogens is 242 g/mol. The highest BCUT2D eigenvalue weighted by Crippen LogP contribution is 2.28. The van der Waals surface area contributed by atoms with Crippen LogP contribution in [0.1, 0.15) is 31.8 Å². The van der Waals surface area contributed by atoms with Gasteiger partial charge in [-0.15, -0.1) is 11.3 Å². The molecule has 0 saturated carbocycles. The Morgan fingerprint density at radius 2 is 2.11 bits per heavy atom. The Kier molecular flexibility index (Phi) is 3.78. The fourth-order valence-electron chi connectivity index (χ4n) is 1.89. The predicted molar refractivity (Wildman–Crippen MR) is 76.8 cm³/mol. The maximum absolute atomic E-state index is 5.67. The van der Waals surface area contributed by atoms with Crippen molar-refractivity contribution < 1.29 is 0 Å². The molecule has 0 radical (unpaired) electrons. The van der Waals surface area contributed by atoms with Gasteiger partial charge >= 0.3 is 0 Å². The van der Waals surface area contributed by atoms with Crippen molar-refractivity contribution in [2.75, 3.05) is 6.54 Å². The molecule has 0 aliphatic heterocycles. The second-order valence-corrected chi connectivity index (χ2v) is 6.07. The average molecular weight is 261 g/mol. The molecule has 2 aromatic rings. The van der Waals surface area contributed by atoms with E-state index in [1.807, 2.05) is 19.1 Å². The first-order chi connectivity index (χ1) is 8.53. The fraction of sp³-hybridized carbons (Fsp3) is 0.429. The lowest BCUT2D eigenvalue weighted by Gasteiger charge is -2.22. The summed E-state index contributed by atoms with van der Waals surface area (Å²) < 4.78 is 0. The Labute approximate surface area is 112 Å². The van der Waals surface area contributed by atoms with E-state index in [-0.39, 0.29) is 5.41 Å². The van der Waals surface area contributed by atoms with Crippen molar-refractivity contribution in [2.45, 2.75) is 32.6 Å². The zero-order valence-corrected chi connectivity index (χ0v) is 11.9. The predicted octanol–water partition coefficient (Wildman–Crippen LogP) is 3.14. The van der Waals surface area contributed by atoms with Gasteiger partial charge in [-0.2, -0.15) is 0 Å². The molecule has 0 amide bonds. The smallest absolute Gasteiger partial charge is 0.134 e. The van der Waals surface area contributed by atoms with E-state index in [1.54, 1.807) is 11.3 Å². The first-order valence-corrected chi connectivity index (χ1v) is 7.01. The molecule has 2 aromatic heterocycles. The van der Waals surface area contributed by atoms with Gasteiger partial charge in [0.1, 0.15) is 5.82 Å². The monoisotopic (exact) mass is 261 g/mol. The molecule has 3 nitrogen and oxygen atoms in total. The van der Waals surface area contributed by atoms with Crippen molar-refractivity contribution in [3.63, 3.8) is 0 Å². The summed E-state index contributed by atoms with van der Waals surface area (Å²) in [7, 11) is 0. The molecule has 0 atom stereocenters. The van der Waals surface area contributed by atoms with E-state index in [9.17, 15) is 0 Å². The lowest BCUT2D eigenvalue weighted by atomic mass is 9.88. The summed E-state index contributed by atoms with van der Waals surface area (Å²) in [5.41, 5.74) is 7.61. The number of aryl methyl sites for hydroxylation is 1. The SMILES string of the molecule is Cc1cc(-c2cccs2)nc(C(C)(C)CCN)n1. The molecule has 0 fully saturated rings. The van der Waals surface area contributed by atoms with Crippen molar-refractivity contribution in [2.24, 2.45) is 5.73 Å². The minimum Gasteiger partial charge on any atom is -0.330 e. The average Bonchev–Trinajstić information content (AvgIpc) is 2.81. The van der Waals surface area contributed by atoms with E-state index >= 15 is 0 Å². The fourth-order valence-corrected chi connectivity index (χ4v) is 2.58. The molecule has 96 valence electrons. The summed E-state index contributed by atoms with van der Waals surface area (Å²) in [6, 6.07) is 6.17. The van der Waals surface area contributed by atoms with E-state index in [4.69, 9.17) is 10.7 Å². The number of rotatable bonds is 4. The van der Waals surface area contributed by atoms with Crippen LogP contribution in [0.2, 0.25) is 0 Å². The molecule has 0 unspecified atom stereocenters. The van der Waals surface area contributed by atoms with Crippen LogP contribution in [0.5, 0.6) is 0 Å². The van der Waals surface area contributed by atoms with Gasteiger partial charge in [0.15, 0.2) is 0 Å². The molecule has 4 heteroatoms. The van der Waals surface area contributed by atoms with E-state index in [1.165, 1.54) is 4.88 Å². The van der Waals surface area contributed by atoms with E-state index in [0.29, 0.717) is 6.54 Å². The van der Waals surface area contributed by atoms with Gasteiger partial charge in [-0.05, 0) is 37.4 Å². The summed E-state index contributed by atoms with van der Waals surface area (Å²) in [6.45, 7) is 6.96. The first kappa shape index (κ1) is 13.2. The lowest BCUT2D eigenvalue weighted by Crippen LogP contribution is -2.25. The largest absolute Gasteiger partial charge is 0.330 e. The van der Waals surface area contributed by atoms with Crippen LogP contribution in [0.3, 0.4) is 0 Å². The molecule has 2 heterocycles. The molecule has 0 aromatic carbocycles. The molecule has 0 bridgehead atoms. The van der Waals surface area contributed by atoms with E-state index in [2.05, 4.69) is 30.3 Å². The summed E-state index contributed by atoms with van der Waals surface area (Å²) in [4.78, 5) is 10.5. The Morgan fingerprint density at radius 1 is 1.33 bits per heavy atom. The minimum atomic E-state index is -0.0766. The maximum atomic E-state index is 5.67. The highest BCUT2D eigenvalue weighted by Gasteiger charge is 2.24. The van der Waals surface area contributed by atoms with Crippen LogP contribution in [-0.4, -0.2) is 16.5 Å². The zero-order valence-electron chi connectivity index (χ0n) is 11.1. The summed E-state index contributed by atoms with van der Waals surface area (Å²) >= 11 is 1.70. The Bertz CT molecular complexity index is 518. The van der Waals surface area contributed by atoms with Crippen LogP contribution < -0.4 is 5.73 Å². The van der Waals surface area contributed by atoms with Crippen molar-refractivity contribution in [3.05, 3.63) is 35.1 Å². The van der Waals surface area contributed by atoms with Crippen LogP contribution in [0, 0.1) is 6.92 Å². The first-order valence-electron chi connectivity index (χ1n) is 6.13. The second kappa shape index (κ2) is 5.16. The van der Waals surface area contributed by atoms with Gasteiger partial charge in [-0.3, -0.25) is 0 Å². The van der Waals surface area contributed by atoms with Gasteiger partial charge in [-0.1, -0.05) is 19.9 Å². The standard InChI is InChI=1S/C14H19N3S/c1-10-9-11(12-5-4-8-18-12)17-13(16-10)14(2,3)6-7-15/h4-5,8-9H,6-7,15H2,1-3H3. The number of hydrogen-bond donors (Lipinski definition) is 1. The van der Waals surface area contributed by atoms with Crippen molar-refractivity contribution in [1.29, 1.82) is 0 Å². The highest BCUT2D eigenvalue weighted by atomic mass is 32.1. The van der Waals surface area contributed by atoms with Crippen molar-refractivity contribution in [3.8, 4) is 10.6 Å². The van der Waals surface area contributed by atoms with Gasteiger partial charge in [0.2, 0.25) is 0 Å². The summed E-state index contributed by atoms with van der Waals surface area (Å²) in [5, 5.41) is 2.07. The van der Waals surface area contributed by atoms with Gasteiger partial charge in [0.25, 0.3) is 0 Å². The third-order valence-electron chi connectivity index (χ3n) is 3.00. The van der Waals surface area contributed by atoms with Crippen LogP contribution >= 0.6 is 11.3 Å². The summed E-state index contributed by atoms with van der Waals surface area (Å²) in [5.74, 6) is 0.886. The normalized spacial score (nSPS) is 11.8. The quantitative estimate of drug-likeness (QED) is 0.920. The Morgan fingerprint density at radius 3 is 2.72 bits per heavy atom. The summed E-state index contributed by atoms with van der Waals surface area (Å²) in [6.07, 6.45) is 0.889. The van der Waals surface area contributed by atoms with Crippen molar-refractivity contribution >= 4 is 11.3 Å². The van der Waals surface area contributed by atoms with E-state index < -0.39 is 0 Å². The minimum absolute atomic E-state index is 0.0766.